The summed E-state index contributed by atoms with van der Waals surface area (Å²) in [7, 11) is 1.58. The molecule has 0 bridgehead atoms. The van der Waals surface area contributed by atoms with Crippen LogP contribution in [0.3, 0.4) is 0 Å². The first-order chi connectivity index (χ1) is 12.6. The molecule has 0 atom stereocenters. The van der Waals surface area contributed by atoms with Gasteiger partial charge >= 0.3 is 5.97 Å². The number of rotatable bonds is 6. The molecule has 0 saturated carbocycles. The van der Waals surface area contributed by atoms with E-state index >= 15 is 0 Å². The van der Waals surface area contributed by atoms with Crippen molar-refractivity contribution >= 4 is 23.2 Å². The summed E-state index contributed by atoms with van der Waals surface area (Å²) in [6.07, 6.45) is 1.32. The fourth-order valence-electron chi connectivity index (χ4n) is 2.15. The normalized spacial score (nSPS) is 10.2. The lowest BCUT2D eigenvalue weighted by Crippen LogP contribution is -2.03. The number of aromatic nitrogens is 2. The lowest BCUT2D eigenvalue weighted by molar-refractivity contribution is 0.0697. The van der Waals surface area contributed by atoms with Crippen LogP contribution >= 0.6 is 0 Å². The summed E-state index contributed by atoms with van der Waals surface area (Å²) >= 11 is 0. The molecule has 3 rings (SSSR count). The Morgan fingerprint density at radius 2 is 1.69 bits per heavy atom. The maximum absolute atomic E-state index is 10.9. The number of carbonyl (C=O) groups is 1. The van der Waals surface area contributed by atoms with Gasteiger partial charge in [-0.2, -0.15) is 4.98 Å². The van der Waals surface area contributed by atoms with Gasteiger partial charge in [0.2, 0.25) is 5.88 Å². The van der Waals surface area contributed by atoms with Crippen LogP contribution in [0.4, 0.5) is 17.2 Å². The zero-order valence-electron chi connectivity index (χ0n) is 13.8. The molecule has 8 heteroatoms. The molecule has 1 aromatic heterocycles. The predicted octanol–water partition coefficient (Wildman–Crippen LogP) is 3.30. The number of carboxylic acids is 1. The van der Waals surface area contributed by atoms with Crippen molar-refractivity contribution in [2.45, 2.75) is 0 Å². The second kappa shape index (κ2) is 7.39. The molecule has 0 aliphatic heterocycles. The number of aromatic carboxylic acids is 1. The number of carboxylic acid groups (broad SMARTS) is 1. The van der Waals surface area contributed by atoms with Gasteiger partial charge in [-0.05, 0) is 48.5 Å². The quantitative estimate of drug-likeness (QED) is 0.618. The van der Waals surface area contributed by atoms with Crippen LogP contribution in [0.2, 0.25) is 0 Å². The number of nitrogens with zero attached hydrogens (tertiary/aromatic N) is 2. The number of hydrogen-bond acceptors (Lipinski definition) is 7. The van der Waals surface area contributed by atoms with Crippen molar-refractivity contribution in [3.05, 3.63) is 60.4 Å². The van der Waals surface area contributed by atoms with E-state index in [4.69, 9.17) is 20.3 Å². The number of anilines is 3. The molecule has 0 amide bonds. The molecular formula is C18H16N4O4. The first-order valence-corrected chi connectivity index (χ1v) is 7.59. The standard InChI is InChI=1S/C18H16N4O4/c1-25-13-6-8-14(9-7-13)26-17-15(19)16(20-10-21-17)22-12-4-2-11(3-5-12)18(23)24/h2-10H,19H2,1H3,(H,23,24)(H,20,21,22). The topological polar surface area (TPSA) is 120 Å². The predicted molar refractivity (Wildman–Crippen MR) is 96.2 cm³/mol. The van der Waals surface area contributed by atoms with Gasteiger partial charge in [-0.1, -0.05) is 0 Å². The van der Waals surface area contributed by atoms with Gasteiger partial charge < -0.3 is 25.6 Å². The van der Waals surface area contributed by atoms with E-state index in [-0.39, 0.29) is 17.1 Å². The largest absolute Gasteiger partial charge is 0.497 e. The van der Waals surface area contributed by atoms with E-state index in [1.807, 2.05) is 0 Å². The number of nitrogen functional groups attached to an aromatic ring is 1. The third-order valence-corrected chi connectivity index (χ3v) is 3.52. The second-order valence-corrected chi connectivity index (χ2v) is 5.23. The van der Waals surface area contributed by atoms with Gasteiger partial charge in [-0.3, -0.25) is 0 Å². The van der Waals surface area contributed by atoms with Crippen molar-refractivity contribution < 1.29 is 19.4 Å². The summed E-state index contributed by atoms with van der Waals surface area (Å²) in [6, 6.07) is 13.2. The smallest absolute Gasteiger partial charge is 0.335 e. The van der Waals surface area contributed by atoms with E-state index < -0.39 is 5.97 Å². The molecule has 132 valence electrons. The molecule has 26 heavy (non-hydrogen) atoms. The minimum Gasteiger partial charge on any atom is -0.497 e. The Morgan fingerprint density at radius 1 is 1.04 bits per heavy atom. The van der Waals surface area contributed by atoms with Crippen LogP contribution in [-0.4, -0.2) is 28.2 Å². The fourth-order valence-corrected chi connectivity index (χ4v) is 2.15. The first kappa shape index (κ1) is 17.0. The SMILES string of the molecule is COc1ccc(Oc2ncnc(Nc3ccc(C(=O)O)cc3)c2N)cc1. The van der Waals surface area contributed by atoms with Crippen LogP contribution in [0.5, 0.6) is 17.4 Å². The summed E-state index contributed by atoms with van der Waals surface area (Å²) in [5, 5.41) is 11.9. The number of nitrogens with two attached hydrogens (primary N) is 1. The van der Waals surface area contributed by atoms with Gasteiger partial charge in [-0.15, -0.1) is 0 Å². The van der Waals surface area contributed by atoms with Gasteiger partial charge in [0.05, 0.1) is 12.7 Å². The maximum Gasteiger partial charge on any atom is 0.335 e. The lowest BCUT2D eigenvalue weighted by Gasteiger charge is -2.12. The van der Waals surface area contributed by atoms with Crippen molar-refractivity contribution in [1.82, 2.24) is 9.97 Å². The number of hydrogen-bond donors (Lipinski definition) is 3. The molecule has 4 N–H and O–H groups in total. The summed E-state index contributed by atoms with van der Waals surface area (Å²) in [5.74, 6) is 0.822. The van der Waals surface area contributed by atoms with Crippen LogP contribution in [0, 0.1) is 0 Å². The van der Waals surface area contributed by atoms with Crippen molar-refractivity contribution in [3.8, 4) is 17.4 Å². The Labute approximate surface area is 149 Å². The molecule has 0 aliphatic rings. The Kier molecular flexibility index (Phi) is 4.84. The number of methoxy groups -OCH3 is 1. The summed E-state index contributed by atoms with van der Waals surface area (Å²) in [4.78, 5) is 19.0. The van der Waals surface area contributed by atoms with Crippen molar-refractivity contribution in [1.29, 1.82) is 0 Å². The number of benzene rings is 2. The molecule has 0 unspecified atom stereocenters. The summed E-state index contributed by atoms with van der Waals surface area (Å²) in [6.45, 7) is 0. The van der Waals surface area contributed by atoms with E-state index in [0.29, 0.717) is 23.0 Å². The molecule has 3 aromatic rings. The maximum atomic E-state index is 10.9. The lowest BCUT2D eigenvalue weighted by atomic mass is 10.2. The molecule has 0 spiro atoms. The monoisotopic (exact) mass is 352 g/mol. The molecule has 0 aliphatic carbocycles. The van der Waals surface area contributed by atoms with E-state index in [1.165, 1.54) is 18.5 Å². The Bertz CT molecular complexity index is 911. The fraction of sp³-hybridized carbons (Fsp3) is 0.0556. The van der Waals surface area contributed by atoms with Crippen LogP contribution in [0.1, 0.15) is 10.4 Å². The van der Waals surface area contributed by atoms with Crippen molar-refractivity contribution in [2.24, 2.45) is 0 Å². The molecule has 0 fully saturated rings. The summed E-state index contributed by atoms with van der Waals surface area (Å²) < 4.78 is 10.8. The average molecular weight is 352 g/mol. The van der Waals surface area contributed by atoms with E-state index in [9.17, 15) is 4.79 Å². The third-order valence-electron chi connectivity index (χ3n) is 3.52. The Balaban J connectivity index is 1.78. The van der Waals surface area contributed by atoms with Gasteiger partial charge in [0.1, 0.15) is 23.5 Å². The van der Waals surface area contributed by atoms with E-state index in [1.54, 1.807) is 43.5 Å². The van der Waals surface area contributed by atoms with Crippen LogP contribution < -0.4 is 20.5 Å². The Hall–Kier alpha value is -3.81. The minimum absolute atomic E-state index is 0.190. The van der Waals surface area contributed by atoms with E-state index in [0.717, 1.165) is 0 Å². The van der Waals surface area contributed by atoms with Crippen LogP contribution in [0.25, 0.3) is 0 Å². The van der Waals surface area contributed by atoms with Gasteiger partial charge in [0.25, 0.3) is 0 Å². The zero-order chi connectivity index (χ0) is 18.5. The highest BCUT2D eigenvalue weighted by atomic mass is 16.5. The highest BCUT2D eigenvalue weighted by Gasteiger charge is 2.11. The summed E-state index contributed by atoms with van der Waals surface area (Å²) in [5.41, 5.74) is 7.13. The van der Waals surface area contributed by atoms with Crippen molar-refractivity contribution in [3.63, 3.8) is 0 Å². The van der Waals surface area contributed by atoms with Gasteiger partial charge in [0.15, 0.2) is 5.82 Å². The number of nitrogens with one attached hydrogen (secondary N) is 1. The van der Waals surface area contributed by atoms with Gasteiger partial charge in [-0.25, -0.2) is 9.78 Å². The molecular weight excluding hydrogens is 336 g/mol. The molecule has 0 radical (unpaired) electrons. The molecule has 2 aromatic carbocycles. The van der Waals surface area contributed by atoms with Crippen LogP contribution in [-0.2, 0) is 0 Å². The highest BCUT2D eigenvalue weighted by molar-refractivity contribution is 5.88. The van der Waals surface area contributed by atoms with Gasteiger partial charge in [0, 0.05) is 5.69 Å². The number of ether oxygens (including phenoxy) is 2. The third kappa shape index (κ3) is 3.81. The molecule has 0 saturated heterocycles. The average Bonchev–Trinajstić information content (AvgIpc) is 2.66. The minimum atomic E-state index is -0.992. The first-order valence-electron chi connectivity index (χ1n) is 7.59. The highest BCUT2D eigenvalue weighted by Crippen LogP contribution is 2.31. The zero-order valence-corrected chi connectivity index (χ0v) is 13.8. The van der Waals surface area contributed by atoms with E-state index in [2.05, 4.69) is 15.3 Å². The van der Waals surface area contributed by atoms with Crippen molar-refractivity contribution in [2.75, 3.05) is 18.2 Å². The molecule has 1 heterocycles. The second-order valence-electron chi connectivity index (χ2n) is 5.23. The van der Waals surface area contributed by atoms with Crippen LogP contribution in [0.15, 0.2) is 54.9 Å². The Morgan fingerprint density at radius 3 is 2.31 bits per heavy atom. The molecule has 8 nitrogen and oxygen atoms in total.